The van der Waals surface area contributed by atoms with Crippen molar-refractivity contribution in [3.63, 3.8) is 0 Å². The molecule has 3 nitrogen and oxygen atoms in total. The minimum Gasteiger partial charge on any atom is -0.348 e. The highest BCUT2D eigenvalue weighted by Crippen LogP contribution is 2.24. The van der Waals surface area contributed by atoms with Crippen molar-refractivity contribution in [3.8, 4) is 0 Å². The molecule has 1 heterocycles. The number of amides is 1. The van der Waals surface area contributed by atoms with E-state index < -0.39 is 0 Å². The zero-order chi connectivity index (χ0) is 13.9. The zero-order valence-corrected chi connectivity index (χ0v) is 11.7. The van der Waals surface area contributed by atoms with Crippen LogP contribution in [0.15, 0.2) is 42.5 Å². The van der Waals surface area contributed by atoms with Crippen molar-refractivity contribution in [2.24, 2.45) is 0 Å². The molecule has 0 saturated carbocycles. The monoisotopic (exact) mass is 268 g/mol. The SMILES string of the molecule is CC(NC(=O)[C@@H]1CCCN1)c1cccc2ccccc12. The standard InChI is InChI=1S/C17H20N2O/c1-12(19-17(20)16-10-5-11-18-16)14-9-4-7-13-6-2-3-8-15(13)14/h2-4,6-9,12,16,18H,5,10-11H2,1H3,(H,19,20)/t12?,16-/m0/s1. The molecule has 104 valence electrons. The van der Waals surface area contributed by atoms with E-state index in [0.717, 1.165) is 19.4 Å². The fourth-order valence-electron chi connectivity index (χ4n) is 2.93. The molecule has 2 N–H and O–H groups in total. The van der Waals surface area contributed by atoms with Gasteiger partial charge in [-0.05, 0) is 42.6 Å². The molecule has 2 atom stereocenters. The quantitative estimate of drug-likeness (QED) is 0.898. The first kappa shape index (κ1) is 13.1. The van der Waals surface area contributed by atoms with Crippen molar-refractivity contribution in [1.82, 2.24) is 10.6 Å². The lowest BCUT2D eigenvalue weighted by Crippen LogP contribution is -2.41. The molecule has 1 unspecified atom stereocenters. The van der Waals surface area contributed by atoms with Crippen LogP contribution in [0.2, 0.25) is 0 Å². The first-order chi connectivity index (χ1) is 9.75. The summed E-state index contributed by atoms with van der Waals surface area (Å²) in [6.45, 7) is 3.00. The Hall–Kier alpha value is -1.87. The third-order valence-electron chi connectivity index (χ3n) is 4.03. The average Bonchev–Trinajstić information content (AvgIpc) is 3.01. The molecule has 0 aromatic heterocycles. The van der Waals surface area contributed by atoms with Gasteiger partial charge in [0.1, 0.15) is 0 Å². The van der Waals surface area contributed by atoms with Crippen LogP contribution in [0.1, 0.15) is 31.4 Å². The molecular formula is C17H20N2O. The fraction of sp³-hybridized carbons (Fsp3) is 0.353. The van der Waals surface area contributed by atoms with Crippen LogP contribution < -0.4 is 10.6 Å². The van der Waals surface area contributed by atoms with Crippen LogP contribution in [0.5, 0.6) is 0 Å². The van der Waals surface area contributed by atoms with Crippen LogP contribution in [0, 0.1) is 0 Å². The maximum absolute atomic E-state index is 12.2. The molecular weight excluding hydrogens is 248 g/mol. The van der Waals surface area contributed by atoms with Crippen LogP contribution in [0.3, 0.4) is 0 Å². The Morgan fingerprint density at radius 2 is 2.05 bits per heavy atom. The lowest BCUT2D eigenvalue weighted by molar-refractivity contribution is -0.123. The van der Waals surface area contributed by atoms with Gasteiger partial charge in [-0.3, -0.25) is 4.79 Å². The molecule has 1 aliphatic heterocycles. The van der Waals surface area contributed by atoms with Crippen LogP contribution >= 0.6 is 0 Å². The van der Waals surface area contributed by atoms with Gasteiger partial charge < -0.3 is 10.6 Å². The lowest BCUT2D eigenvalue weighted by atomic mass is 9.99. The van der Waals surface area contributed by atoms with Crippen LogP contribution in [0.4, 0.5) is 0 Å². The number of hydrogen-bond acceptors (Lipinski definition) is 2. The van der Waals surface area contributed by atoms with E-state index in [1.807, 2.05) is 18.2 Å². The predicted octanol–water partition coefficient (Wildman–Crippen LogP) is 2.77. The van der Waals surface area contributed by atoms with E-state index in [0.29, 0.717) is 0 Å². The first-order valence-corrected chi connectivity index (χ1v) is 7.27. The number of carbonyl (C=O) groups excluding carboxylic acids is 1. The smallest absolute Gasteiger partial charge is 0.237 e. The van der Waals surface area contributed by atoms with Gasteiger partial charge in [-0.1, -0.05) is 42.5 Å². The van der Waals surface area contributed by atoms with Crippen molar-refractivity contribution in [1.29, 1.82) is 0 Å². The highest BCUT2D eigenvalue weighted by atomic mass is 16.2. The summed E-state index contributed by atoms with van der Waals surface area (Å²) in [6, 6.07) is 14.5. The van der Waals surface area contributed by atoms with Gasteiger partial charge in [-0.25, -0.2) is 0 Å². The number of fused-ring (bicyclic) bond motifs is 1. The van der Waals surface area contributed by atoms with Gasteiger partial charge in [0.2, 0.25) is 5.91 Å². The summed E-state index contributed by atoms with van der Waals surface area (Å²) in [4.78, 5) is 12.2. The van der Waals surface area contributed by atoms with Gasteiger partial charge in [0.25, 0.3) is 0 Å². The second-order valence-corrected chi connectivity index (χ2v) is 5.45. The number of nitrogens with one attached hydrogen (secondary N) is 2. The summed E-state index contributed by atoms with van der Waals surface area (Å²) in [6.07, 6.45) is 2.02. The third kappa shape index (κ3) is 2.54. The summed E-state index contributed by atoms with van der Waals surface area (Å²) in [5.74, 6) is 0.114. The molecule has 1 aliphatic rings. The van der Waals surface area contributed by atoms with Crippen molar-refractivity contribution in [2.75, 3.05) is 6.54 Å². The van der Waals surface area contributed by atoms with Gasteiger partial charge in [-0.15, -0.1) is 0 Å². The topological polar surface area (TPSA) is 41.1 Å². The number of hydrogen-bond donors (Lipinski definition) is 2. The molecule has 2 aromatic rings. The van der Waals surface area contributed by atoms with Gasteiger partial charge >= 0.3 is 0 Å². The molecule has 1 saturated heterocycles. The van der Waals surface area contributed by atoms with Gasteiger partial charge in [0.05, 0.1) is 12.1 Å². The van der Waals surface area contributed by atoms with Crippen LogP contribution in [-0.2, 0) is 4.79 Å². The molecule has 0 spiro atoms. The molecule has 0 aliphatic carbocycles. The Balaban J connectivity index is 1.81. The van der Waals surface area contributed by atoms with Crippen LogP contribution in [0.25, 0.3) is 10.8 Å². The highest BCUT2D eigenvalue weighted by molar-refractivity contribution is 5.87. The summed E-state index contributed by atoms with van der Waals surface area (Å²) >= 11 is 0. The Kier molecular flexibility index (Phi) is 3.70. The van der Waals surface area contributed by atoms with Crippen molar-refractivity contribution in [2.45, 2.75) is 31.8 Å². The zero-order valence-electron chi connectivity index (χ0n) is 11.7. The maximum atomic E-state index is 12.2. The highest BCUT2D eigenvalue weighted by Gasteiger charge is 2.23. The normalized spacial score (nSPS) is 19.9. The maximum Gasteiger partial charge on any atom is 0.237 e. The molecule has 3 rings (SSSR count). The van der Waals surface area contributed by atoms with Gasteiger partial charge in [0.15, 0.2) is 0 Å². The van der Waals surface area contributed by atoms with Gasteiger partial charge in [0, 0.05) is 0 Å². The van der Waals surface area contributed by atoms with E-state index in [9.17, 15) is 4.79 Å². The molecule has 2 aromatic carbocycles. The second-order valence-electron chi connectivity index (χ2n) is 5.45. The molecule has 1 fully saturated rings. The molecule has 0 radical (unpaired) electrons. The van der Waals surface area contributed by atoms with E-state index in [1.54, 1.807) is 0 Å². The summed E-state index contributed by atoms with van der Waals surface area (Å²) in [5.41, 5.74) is 1.18. The number of rotatable bonds is 3. The lowest BCUT2D eigenvalue weighted by Gasteiger charge is -2.19. The fourth-order valence-corrected chi connectivity index (χ4v) is 2.93. The summed E-state index contributed by atoms with van der Waals surface area (Å²) in [5, 5.41) is 8.79. The minimum atomic E-state index is -0.0209. The summed E-state index contributed by atoms with van der Waals surface area (Å²) in [7, 11) is 0. The minimum absolute atomic E-state index is 0.0209. The molecule has 1 amide bonds. The van der Waals surface area contributed by atoms with E-state index in [-0.39, 0.29) is 18.0 Å². The Morgan fingerprint density at radius 1 is 1.25 bits per heavy atom. The largest absolute Gasteiger partial charge is 0.348 e. The Labute approximate surface area is 119 Å². The number of carbonyl (C=O) groups is 1. The third-order valence-corrected chi connectivity index (χ3v) is 4.03. The van der Waals surface area contributed by atoms with Crippen molar-refractivity contribution >= 4 is 16.7 Å². The Morgan fingerprint density at radius 3 is 2.85 bits per heavy atom. The predicted molar refractivity (Wildman–Crippen MR) is 81.5 cm³/mol. The van der Waals surface area contributed by atoms with E-state index >= 15 is 0 Å². The van der Waals surface area contributed by atoms with E-state index in [4.69, 9.17) is 0 Å². The van der Waals surface area contributed by atoms with Crippen molar-refractivity contribution in [3.05, 3.63) is 48.0 Å². The second kappa shape index (κ2) is 5.63. The van der Waals surface area contributed by atoms with Crippen molar-refractivity contribution < 1.29 is 4.79 Å². The molecule has 3 heteroatoms. The Bertz CT molecular complexity index is 612. The van der Waals surface area contributed by atoms with Gasteiger partial charge in [-0.2, -0.15) is 0 Å². The molecule has 20 heavy (non-hydrogen) atoms. The van der Waals surface area contributed by atoms with E-state index in [2.05, 4.69) is 41.8 Å². The number of benzene rings is 2. The average molecular weight is 268 g/mol. The van der Waals surface area contributed by atoms with Crippen LogP contribution in [-0.4, -0.2) is 18.5 Å². The summed E-state index contributed by atoms with van der Waals surface area (Å²) < 4.78 is 0. The molecule has 0 bridgehead atoms. The first-order valence-electron chi connectivity index (χ1n) is 7.27. The van der Waals surface area contributed by atoms with E-state index in [1.165, 1.54) is 16.3 Å².